The Bertz CT molecular complexity index is 747. The van der Waals surface area contributed by atoms with Crippen molar-refractivity contribution < 1.29 is 4.79 Å². The number of nitriles is 1. The third-order valence-corrected chi connectivity index (χ3v) is 4.15. The summed E-state index contributed by atoms with van der Waals surface area (Å²) < 4.78 is 1.68. The molecule has 1 amide bonds. The van der Waals surface area contributed by atoms with Gasteiger partial charge in [-0.05, 0) is 26.2 Å². The average molecular weight is 299 g/mol. The molecule has 0 aromatic carbocycles. The average Bonchev–Trinajstić information content (AvgIpc) is 3.13. The van der Waals surface area contributed by atoms with Gasteiger partial charge in [0.1, 0.15) is 17.9 Å². The van der Waals surface area contributed by atoms with Crippen LogP contribution in [0.25, 0.3) is 11.2 Å². The van der Waals surface area contributed by atoms with E-state index in [9.17, 15) is 4.79 Å². The Morgan fingerprint density at radius 2 is 2.32 bits per heavy atom. The quantitative estimate of drug-likeness (QED) is 0.863. The minimum atomic E-state index is -0.458. The number of imidazole rings is 1. The zero-order chi connectivity index (χ0) is 15.7. The zero-order valence-corrected chi connectivity index (χ0v) is 12.2. The van der Waals surface area contributed by atoms with E-state index in [1.165, 1.54) is 6.33 Å². The number of nitrogens with zero attached hydrogens (tertiary/aromatic N) is 5. The molecule has 1 aliphatic rings. The van der Waals surface area contributed by atoms with E-state index in [2.05, 4.69) is 26.3 Å². The van der Waals surface area contributed by atoms with Crippen LogP contribution in [0.4, 0.5) is 5.82 Å². The topological polar surface area (TPSA) is 123 Å². The maximum Gasteiger partial charge on any atom is 0.243 e. The fourth-order valence-electron chi connectivity index (χ4n) is 2.83. The highest BCUT2D eigenvalue weighted by molar-refractivity contribution is 5.85. The highest BCUT2D eigenvalue weighted by Crippen LogP contribution is 2.25. The van der Waals surface area contributed by atoms with Crippen molar-refractivity contribution in [1.29, 1.82) is 5.26 Å². The molecular formula is C14H17N7O. The van der Waals surface area contributed by atoms with E-state index < -0.39 is 6.04 Å². The highest BCUT2D eigenvalue weighted by Gasteiger charge is 2.28. The van der Waals surface area contributed by atoms with E-state index in [4.69, 9.17) is 11.0 Å². The summed E-state index contributed by atoms with van der Waals surface area (Å²) in [5, 5.41) is 11.9. The summed E-state index contributed by atoms with van der Waals surface area (Å²) in [5.74, 6) is 0.228. The molecule has 1 saturated carbocycles. The lowest BCUT2D eigenvalue weighted by atomic mass is 10.1. The third-order valence-electron chi connectivity index (χ3n) is 4.15. The second kappa shape index (κ2) is 5.60. The Hall–Kier alpha value is -2.69. The van der Waals surface area contributed by atoms with Gasteiger partial charge in [0.2, 0.25) is 5.91 Å². The van der Waals surface area contributed by atoms with Gasteiger partial charge < -0.3 is 15.6 Å². The molecule has 8 nitrogen and oxygen atoms in total. The van der Waals surface area contributed by atoms with Crippen LogP contribution in [0.15, 0.2) is 12.7 Å². The summed E-state index contributed by atoms with van der Waals surface area (Å²) in [4.78, 5) is 24.6. The lowest BCUT2D eigenvalue weighted by Gasteiger charge is -2.18. The minimum Gasteiger partial charge on any atom is -0.382 e. The van der Waals surface area contributed by atoms with Gasteiger partial charge in [-0.15, -0.1) is 0 Å². The van der Waals surface area contributed by atoms with E-state index in [0.717, 1.165) is 19.3 Å². The Kier molecular flexibility index (Phi) is 3.63. The first-order valence-corrected chi connectivity index (χ1v) is 7.23. The van der Waals surface area contributed by atoms with Crippen molar-refractivity contribution in [1.82, 2.24) is 24.8 Å². The fraction of sp³-hybridized carbons (Fsp3) is 0.500. The Morgan fingerprint density at radius 1 is 1.50 bits per heavy atom. The number of fused-ring (bicyclic) bond motifs is 1. The lowest BCUT2D eigenvalue weighted by Crippen LogP contribution is -2.37. The van der Waals surface area contributed by atoms with E-state index in [1.54, 1.807) is 17.8 Å². The molecule has 1 unspecified atom stereocenters. The number of carbonyl (C=O) groups excluding carboxylic acids is 1. The van der Waals surface area contributed by atoms with Crippen LogP contribution < -0.4 is 11.1 Å². The summed E-state index contributed by atoms with van der Waals surface area (Å²) in [5.41, 5.74) is 6.78. The first-order valence-electron chi connectivity index (χ1n) is 7.23. The van der Waals surface area contributed by atoms with Gasteiger partial charge in [0, 0.05) is 12.0 Å². The van der Waals surface area contributed by atoms with Crippen LogP contribution in [-0.2, 0) is 4.79 Å². The first-order chi connectivity index (χ1) is 10.6. The lowest BCUT2D eigenvalue weighted by molar-refractivity contribution is -0.124. The molecular weight excluding hydrogens is 282 g/mol. The maximum atomic E-state index is 12.4. The number of anilines is 1. The number of amides is 1. The molecule has 0 aliphatic heterocycles. The van der Waals surface area contributed by atoms with Crippen LogP contribution >= 0.6 is 0 Å². The van der Waals surface area contributed by atoms with Crippen molar-refractivity contribution >= 4 is 22.9 Å². The van der Waals surface area contributed by atoms with Crippen LogP contribution in [0, 0.1) is 17.2 Å². The summed E-state index contributed by atoms with van der Waals surface area (Å²) in [6.07, 6.45) is 5.31. The number of nitrogen functional groups attached to an aromatic ring is 1. The van der Waals surface area contributed by atoms with Crippen LogP contribution in [0.2, 0.25) is 0 Å². The van der Waals surface area contributed by atoms with Crippen molar-refractivity contribution in [2.45, 2.75) is 38.3 Å². The molecule has 3 atom stereocenters. The van der Waals surface area contributed by atoms with Crippen molar-refractivity contribution in [2.75, 3.05) is 5.73 Å². The van der Waals surface area contributed by atoms with Crippen LogP contribution in [0.1, 0.15) is 32.2 Å². The van der Waals surface area contributed by atoms with Gasteiger partial charge in [-0.1, -0.05) is 0 Å². The highest BCUT2D eigenvalue weighted by atomic mass is 16.2. The summed E-state index contributed by atoms with van der Waals surface area (Å²) in [7, 11) is 0. The number of nitrogens with one attached hydrogen (secondary N) is 1. The van der Waals surface area contributed by atoms with Gasteiger partial charge in [0.05, 0.1) is 12.4 Å². The number of nitrogens with two attached hydrogens (primary N) is 1. The maximum absolute atomic E-state index is 12.4. The fourth-order valence-corrected chi connectivity index (χ4v) is 2.83. The van der Waals surface area contributed by atoms with Crippen molar-refractivity contribution in [3.63, 3.8) is 0 Å². The van der Waals surface area contributed by atoms with Crippen LogP contribution in [-0.4, -0.2) is 31.5 Å². The molecule has 114 valence electrons. The van der Waals surface area contributed by atoms with Gasteiger partial charge >= 0.3 is 0 Å². The molecule has 22 heavy (non-hydrogen) atoms. The standard InChI is InChI=1S/C14H17N7O/c1-8(14(22)20-10-3-2-9(4-10)5-15)21-7-19-11-12(16)17-6-18-13(11)21/h6-10H,2-4H2,1H3,(H,20,22)(H2,16,17,18)/t8?,9-,10+/m0/s1. The molecule has 2 heterocycles. The van der Waals surface area contributed by atoms with Crippen LogP contribution in [0.3, 0.4) is 0 Å². The summed E-state index contributed by atoms with van der Waals surface area (Å²) in [6.45, 7) is 1.78. The van der Waals surface area contributed by atoms with E-state index in [-0.39, 0.29) is 17.9 Å². The smallest absolute Gasteiger partial charge is 0.243 e. The molecule has 0 bridgehead atoms. The molecule has 1 fully saturated rings. The molecule has 1 aliphatic carbocycles. The minimum absolute atomic E-state index is 0.0437. The second-order valence-electron chi connectivity index (χ2n) is 5.60. The van der Waals surface area contributed by atoms with Crippen molar-refractivity contribution in [3.8, 4) is 6.07 Å². The number of carbonyl (C=O) groups is 1. The van der Waals surface area contributed by atoms with Gasteiger partial charge in [0.25, 0.3) is 0 Å². The number of aromatic nitrogens is 4. The van der Waals surface area contributed by atoms with Gasteiger partial charge in [0.15, 0.2) is 11.5 Å². The molecule has 8 heteroatoms. The van der Waals surface area contributed by atoms with Crippen LogP contribution in [0.5, 0.6) is 0 Å². The normalized spacial score (nSPS) is 22.4. The number of hydrogen-bond acceptors (Lipinski definition) is 6. The largest absolute Gasteiger partial charge is 0.382 e. The van der Waals surface area contributed by atoms with Gasteiger partial charge in [-0.25, -0.2) is 15.0 Å². The molecule has 3 rings (SSSR count). The Balaban J connectivity index is 1.75. The predicted molar refractivity (Wildman–Crippen MR) is 79.3 cm³/mol. The molecule has 0 radical (unpaired) electrons. The van der Waals surface area contributed by atoms with Gasteiger partial charge in [-0.2, -0.15) is 5.26 Å². The molecule has 2 aromatic heterocycles. The Labute approximate surface area is 127 Å². The number of hydrogen-bond donors (Lipinski definition) is 2. The molecule has 0 spiro atoms. The first kappa shape index (κ1) is 14.3. The second-order valence-corrected chi connectivity index (χ2v) is 5.60. The van der Waals surface area contributed by atoms with E-state index >= 15 is 0 Å². The molecule has 3 N–H and O–H groups in total. The van der Waals surface area contributed by atoms with Gasteiger partial charge in [-0.3, -0.25) is 4.79 Å². The Morgan fingerprint density at radius 3 is 3.05 bits per heavy atom. The SMILES string of the molecule is CC(C(=O)N[C@@H]1CC[C@H](C#N)C1)n1cnc2c(N)ncnc21. The summed E-state index contributed by atoms with van der Waals surface area (Å²) in [6, 6.07) is 1.86. The third kappa shape index (κ3) is 2.45. The monoisotopic (exact) mass is 299 g/mol. The summed E-state index contributed by atoms with van der Waals surface area (Å²) >= 11 is 0. The number of rotatable bonds is 3. The molecule has 0 saturated heterocycles. The van der Waals surface area contributed by atoms with Crippen molar-refractivity contribution in [3.05, 3.63) is 12.7 Å². The molecule has 2 aromatic rings. The van der Waals surface area contributed by atoms with Crippen molar-refractivity contribution in [2.24, 2.45) is 5.92 Å². The van der Waals surface area contributed by atoms with E-state index in [0.29, 0.717) is 17.0 Å². The van der Waals surface area contributed by atoms with E-state index in [1.807, 2.05) is 0 Å². The predicted octanol–water partition coefficient (Wildman–Crippen LogP) is 0.778. The zero-order valence-electron chi connectivity index (χ0n) is 12.2.